The molecule has 1 rings (SSSR count). The van der Waals surface area contributed by atoms with Gasteiger partial charge in [0, 0.05) is 5.41 Å². The molecule has 0 aliphatic heterocycles. The molecule has 0 N–H and O–H groups in total. The lowest BCUT2D eigenvalue weighted by molar-refractivity contribution is 0.385. The van der Waals surface area contributed by atoms with E-state index in [9.17, 15) is 0 Å². The summed E-state index contributed by atoms with van der Waals surface area (Å²) < 4.78 is 0. The monoisotopic (exact) mass is 111 g/mol. The van der Waals surface area contributed by atoms with Crippen LogP contribution in [-0.2, 0) is 0 Å². The molecule has 1 fully saturated rings. The van der Waals surface area contributed by atoms with Gasteiger partial charge in [0.2, 0.25) is 0 Å². The summed E-state index contributed by atoms with van der Waals surface area (Å²) >= 11 is 0. The topological polar surface area (TPSA) is 0 Å². The molecule has 0 aromatic rings. The van der Waals surface area contributed by atoms with Crippen molar-refractivity contribution in [3.63, 3.8) is 0 Å². The molecule has 0 unspecified atom stereocenters. The Morgan fingerprint density at radius 3 is 2.12 bits per heavy atom. The highest BCUT2D eigenvalue weighted by atomic mass is 14.3. The van der Waals surface area contributed by atoms with Crippen molar-refractivity contribution in [3.05, 3.63) is 5.92 Å². The second kappa shape index (κ2) is 1.68. The highest BCUT2D eigenvalue weighted by molar-refractivity contribution is 4.97. The molecule has 0 aromatic carbocycles. The van der Waals surface area contributed by atoms with Crippen molar-refractivity contribution in [2.75, 3.05) is 0 Å². The van der Waals surface area contributed by atoms with Gasteiger partial charge < -0.3 is 0 Å². The minimum atomic E-state index is 0.629. The van der Waals surface area contributed by atoms with Crippen molar-refractivity contribution in [2.24, 2.45) is 5.41 Å². The summed E-state index contributed by atoms with van der Waals surface area (Å²) in [5, 5.41) is 0. The first kappa shape index (κ1) is 6.00. The zero-order valence-electron chi connectivity index (χ0n) is 6.12. The number of hydrogen-bond donors (Lipinski definition) is 0. The Labute approximate surface area is 52.3 Å². The van der Waals surface area contributed by atoms with Crippen LogP contribution in [-0.4, -0.2) is 0 Å². The Kier molecular flexibility index (Phi) is 1.26. The van der Waals surface area contributed by atoms with Crippen molar-refractivity contribution < 1.29 is 0 Å². The summed E-state index contributed by atoms with van der Waals surface area (Å²) in [6.45, 7) is 6.97. The summed E-state index contributed by atoms with van der Waals surface area (Å²) in [6, 6.07) is 0. The molecule has 0 heterocycles. The van der Waals surface area contributed by atoms with Crippen molar-refractivity contribution >= 4 is 0 Å². The van der Waals surface area contributed by atoms with Crippen molar-refractivity contribution in [2.45, 2.75) is 40.0 Å². The van der Waals surface area contributed by atoms with Gasteiger partial charge in [-0.2, -0.15) is 0 Å². The molecule has 0 nitrogen and oxygen atoms in total. The summed E-state index contributed by atoms with van der Waals surface area (Å²) in [7, 11) is 0. The minimum Gasteiger partial charge on any atom is -0.0557 e. The van der Waals surface area contributed by atoms with Crippen molar-refractivity contribution in [1.29, 1.82) is 0 Å². The molecule has 0 spiro atoms. The van der Waals surface area contributed by atoms with Crippen LogP contribution in [0.4, 0.5) is 0 Å². The largest absolute Gasteiger partial charge is 0.0949 e. The molecule has 0 heteroatoms. The Bertz CT molecular complexity index is 82.0. The third-order valence-electron chi connectivity index (χ3n) is 2.01. The normalized spacial score (nSPS) is 26.6. The van der Waals surface area contributed by atoms with Crippen LogP contribution in [0, 0.1) is 11.3 Å². The predicted molar refractivity (Wildman–Crippen MR) is 36.5 cm³/mol. The first-order chi connectivity index (χ1) is 3.60. The van der Waals surface area contributed by atoms with E-state index in [-0.39, 0.29) is 0 Å². The lowest BCUT2D eigenvalue weighted by Gasteiger charge is -2.09. The Balaban J connectivity index is 2.44. The first-order valence-corrected chi connectivity index (χ1v) is 3.41. The summed E-state index contributed by atoms with van der Waals surface area (Å²) in [5.74, 6) is 1.69. The van der Waals surface area contributed by atoms with E-state index in [1.807, 2.05) is 0 Å². The molecule has 0 bridgehead atoms. The molecule has 0 saturated heterocycles. The summed E-state index contributed by atoms with van der Waals surface area (Å²) in [5.41, 5.74) is 0.629. The molecule has 46 valence electrons. The van der Waals surface area contributed by atoms with E-state index in [4.69, 9.17) is 0 Å². The van der Waals surface area contributed by atoms with E-state index in [0.717, 1.165) is 0 Å². The Morgan fingerprint density at radius 2 is 2.00 bits per heavy atom. The van der Waals surface area contributed by atoms with Crippen LogP contribution in [0.2, 0.25) is 0 Å². The zero-order valence-corrected chi connectivity index (χ0v) is 6.12. The van der Waals surface area contributed by atoms with Gasteiger partial charge in [0.05, 0.1) is 25.7 Å². The molecule has 0 amide bonds. The lowest BCUT2D eigenvalue weighted by atomic mass is 9.91. The first-order valence-electron chi connectivity index (χ1n) is 3.41. The molecule has 1 saturated carbocycles. The SMILES string of the molecule is C[C+]1CCC(C)(C)C1. The van der Waals surface area contributed by atoms with Gasteiger partial charge in [-0.3, -0.25) is 0 Å². The van der Waals surface area contributed by atoms with Gasteiger partial charge in [-0.15, -0.1) is 0 Å². The van der Waals surface area contributed by atoms with Crippen LogP contribution >= 0.6 is 0 Å². The van der Waals surface area contributed by atoms with E-state index in [0.29, 0.717) is 5.41 Å². The quantitative estimate of drug-likeness (QED) is 0.422. The lowest BCUT2D eigenvalue weighted by Crippen LogP contribution is -2.03. The maximum absolute atomic E-state index is 2.35. The van der Waals surface area contributed by atoms with Gasteiger partial charge in [0.1, 0.15) is 0 Å². The third kappa shape index (κ3) is 1.18. The summed E-state index contributed by atoms with van der Waals surface area (Å²) in [6.07, 6.45) is 4.12. The molecule has 0 atom stereocenters. The second-order valence-corrected chi connectivity index (χ2v) is 3.80. The average molecular weight is 111 g/mol. The van der Waals surface area contributed by atoms with E-state index < -0.39 is 0 Å². The Hall–Kier alpha value is -0.130. The fourth-order valence-electron chi connectivity index (χ4n) is 1.55. The fraction of sp³-hybridized carbons (Fsp3) is 0.875. The van der Waals surface area contributed by atoms with E-state index in [2.05, 4.69) is 20.8 Å². The predicted octanol–water partition coefficient (Wildman–Crippen LogP) is 2.79. The van der Waals surface area contributed by atoms with Gasteiger partial charge >= 0.3 is 0 Å². The fourth-order valence-corrected chi connectivity index (χ4v) is 1.55. The molecule has 1 aliphatic rings. The van der Waals surface area contributed by atoms with Gasteiger partial charge in [-0.05, 0) is 6.42 Å². The van der Waals surface area contributed by atoms with Gasteiger partial charge in [0.15, 0.2) is 0 Å². The maximum Gasteiger partial charge on any atom is 0.0949 e. The molecule has 8 heavy (non-hydrogen) atoms. The highest BCUT2D eigenvalue weighted by Crippen LogP contribution is 2.41. The molecule has 0 aromatic heterocycles. The van der Waals surface area contributed by atoms with Crippen molar-refractivity contribution in [1.82, 2.24) is 0 Å². The third-order valence-corrected chi connectivity index (χ3v) is 2.01. The van der Waals surface area contributed by atoms with Gasteiger partial charge in [0.25, 0.3) is 0 Å². The number of hydrogen-bond acceptors (Lipinski definition) is 0. The van der Waals surface area contributed by atoms with E-state index in [1.165, 1.54) is 19.3 Å². The van der Waals surface area contributed by atoms with Crippen LogP contribution in [0.25, 0.3) is 0 Å². The van der Waals surface area contributed by atoms with E-state index in [1.54, 1.807) is 5.92 Å². The van der Waals surface area contributed by atoms with Gasteiger partial charge in [-0.25, -0.2) is 0 Å². The number of rotatable bonds is 0. The van der Waals surface area contributed by atoms with Crippen LogP contribution in [0.1, 0.15) is 40.0 Å². The molecular formula is C8H15+. The Morgan fingerprint density at radius 1 is 1.38 bits per heavy atom. The standard InChI is InChI=1S/C8H15/c1-7-4-5-8(2,3)6-7/h4-6H2,1-3H3/q+1. The van der Waals surface area contributed by atoms with Crippen LogP contribution in [0.15, 0.2) is 0 Å². The minimum absolute atomic E-state index is 0.629. The zero-order chi connectivity index (χ0) is 6.20. The van der Waals surface area contributed by atoms with E-state index >= 15 is 0 Å². The van der Waals surface area contributed by atoms with Crippen molar-refractivity contribution in [3.8, 4) is 0 Å². The second-order valence-electron chi connectivity index (χ2n) is 3.80. The average Bonchev–Trinajstić information content (AvgIpc) is 1.82. The summed E-state index contributed by atoms with van der Waals surface area (Å²) in [4.78, 5) is 0. The van der Waals surface area contributed by atoms with Crippen LogP contribution in [0.5, 0.6) is 0 Å². The molecular weight excluding hydrogens is 96.1 g/mol. The van der Waals surface area contributed by atoms with Gasteiger partial charge in [-0.1, -0.05) is 13.8 Å². The van der Waals surface area contributed by atoms with Crippen LogP contribution in [0.3, 0.4) is 0 Å². The molecule has 1 aliphatic carbocycles. The smallest absolute Gasteiger partial charge is 0.0557 e. The van der Waals surface area contributed by atoms with Crippen LogP contribution < -0.4 is 0 Å². The highest BCUT2D eigenvalue weighted by Gasteiger charge is 2.36. The maximum atomic E-state index is 2.35. The molecule has 0 radical (unpaired) electrons.